The van der Waals surface area contributed by atoms with Crippen molar-refractivity contribution in [3.63, 3.8) is 0 Å². The number of hydrogen-bond donors (Lipinski definition) is 1. The zero-order valence-electron chi connectivity index (χ0n) is 8.93. The highest BCUT2D eigenvalue weighted by atomic mass is 16.5. The van der Waals surface area contributed by atoms with Crippen molar-refractivity contribution in [3.05, 3.63) is 0 Å². The Kier molecular flexibility index (Phi) is 4.16. The summed E-state index contributed by atoms with van der Waals surface area (Å²) in [6.07, 6.45) is 2.16. The van der Waals surface area contributed by atoms with Crippen LogP contribution in [0.4, 0.5) is 0 Å². The minimum Gasteiger partial charge on any atom is -0.378 e. The number of nitrogens with one attached hydrogen (secondary N) is 1. The summed E-state index contributed by atoms with van der Waals surface area (Å²) in [7, 11) is 1.77. The van der Waals surface area contributed by atoms with Crippen molar-refractivity contribution < 1.29 is 9.47 Å². The van der Waals surface area contributed by atoms with Crippen LogP contribution < -0.4 is 5.32 Å². The van der Waals surface area contributed by atoms with E-state index in [1.54, 1.807) is 7.11 Å². The third-order valence-corrected chi connectivity index (χ3v) is 2.89. The smallest absolute Gasteiger partial charge is 0.106 e. The first-order chi connectivity index (χ1) is 6.22. The third kappa shape index (κ3) is 2.93. The van der Waals surface area contributed by atoms with Gasteiger partial charge in [0.05, 0.1) is 6.61 Å². The van der Waals surface area contributed by atoms with Crippen molar-refractivity contribution in [1.82, 2.24) is 5.32 Å². The maximum atomic E-state index is 5.51. The van der Waals surface area contributed by atoms with Crippen LogP contribution in [0.1, 0.15) is 26.7 Å². The van der Waals surface area contributed by atoms with Gasteiger partial charge in [-0.05, 0) is 13.3 Å². The highest BCUT2D eigenvalue weighted by Gasteiger charge is 2.34. The monoisotopic (exact) mass is 187 g/mol. The summed E-state index contributed by atoms with van der Waals surface area (Å²) in [5, 5.41) is 3.46. The molecule has 3 nitrogen and oxygen atoms in total. The van der Waals surface area contributed by atoms with Crippen LogP contribution in [0, 0.1) is 0 Å². The Morgan fingerprint density at radius 1 is 1.62 bits per heavy atom. The Morgan fingerprint density at radius 3 is 2.85 bits per heavy atom. The van der Waals surface area contributed by atoms with Crippen LogP contribution in [0.2, 0.25) is 0 Å². The predicted molar refractivity (Wildman–Crippen MR) is 52.9 cm³/mol. The molecular weight excluding hydrogens is 166 g/mol. The van der Waals surface area contributed by atoms with Gasteiger partial charge in [-0.15, -0.1) is 0 Å². The highest BCUT2D eigenvalue weighted by Crippen LogP contribution is 2.21. The number of methoxy groups -OCH3 is 1. The molecule has 2 atom stereocenters. The fourth-order valence-electron chi connectivity index (χ4n) is 1.47. The van der Waals surface area contributed by atoms with Crippen molar-refractivity contribution in [1.29, 1.82) is 0 Å². The van der Waals surface area contributed by atoms with Gasteiger partial charge < -0.3 is 14.8 Å². The standard InChI is InChI=1S/C10H21NO2/c1-4-9(2)11-7-10(12-3)5-6-13-8-10/h9,11H,4-8H2,1-3H3. The molecule has 0 amide bonds. The molecule has 1 aliphatic rings. The molecule has 1 fully saturated rings. The summed E-state index contributed by atoms with van der Waals surface area (Å²) in [6, 6.07) is 0.563. The molecule has 13 heavy (non-hydrogen) atoms. The quantitative estimate of drug-likeness (QED) is 0.701. The zero-order chi connectivity index (χ0) is 9.73. The van der Waals surface area contributed by atoms with Gasteiger partial charge in [0.15, 0.2) is 0 Å². The van der Waals surface area contributed by atoms with Crippen molar-refractivity contribution in [2.24, 2.45) is 0 Å². The number of ether oxygens (including phenoxy) is 2. The van der Waals surface area contributed by atoms with Gasteiger partial charge in [0.25, 0.3) is 0 Å². The molecule has 0 aromatic carbocycles. The Labute approximate surface area is 80.8 Å². The minimum absolute atomic E-state index is 0.0660. The molecule has 0 radical (unpaired) electrons. The lowest BCUT2D eigenvalue weighted by atomic mass is 10.0. The summed E-state index contributed by atoms with van der Waals surface area (Å²) >= 11 is 0. The van der Waals surface area contributed by atoms with Gasteiger partial charge in [0.2, 0.25) is 0 Å². The van der Waals surface area contributed by atoms with E-state index in [9.17, 15) is 0 Å². The zero-order valence-corrected chi connectivity index (χ0v) is 8.93. The second-order valence-corrected chi connectivity index (χ2v) is 3.88. The van der Waals surface area contributed by atoms with Gasteiger partial charge in [-0.25, -0.2) is 0 Å². The second-order valence-electron chi connectivity index (χ2n) is 3.88. The van der Waals surface area contributed by atoms with Crippen LogP contribution >= 0.6 is 0 Å². The molecule has 0 aromatic rings. The number of hydrogen-bond acceptors (Lipinski definition) is 3. The van der Waals surface area contributed by atoms with Crippen LogP contribution in [0.25, 0.3) is 0 Å². The molecule has 2 unspecified atom stereocenters. The Hall–Kier alpha value is -0.120. The lowest BCUT2D eigenvalue weighted by Crippen LogP contribution is -2.45. The molecular formula is C10H21NO2. The minimum atomic E-state index is -0.0660. The van der Waals surface area contributed by atoms with E-state index in [0.29, 0.717) is 6.04 Å². The van der Waals surface area contributed by atoms with Crippen molar-refractivity contribution >= 4 is 0 Å². The van der Waals surface area contributed by atoms with Crippen molar-refractivity contribution in [2.75, 3.05) is 26.9 Å². The Morgan fingerprint density at radius 2 is 2.38 bits per heavy atom. The van der Waals surface area contributed by atoms with E-state index >= 15 is 0 Å². The van der Waals surface area contributed by atoms with E-state index in [1.807, 2.05) is 0 Å². The maximum Gasteiger partial charge on any atom is 0.106 e. The van der Waals surface area contributed by atoms with Crippen LogP contribution in [-0.4, -0.2) is 38.5 Å². The SMILES string of the molecule is CCC(C)NCC1(OC)CCOC1. The number of rotatable bonds is 5. The lowest BCUT2D eigenvalue weighted by Gasteiger charge is -2.27. The molecule has 0 aromatic heterocycles. The second kappa shape index (κ2) is 4.94. The van der Waals surface area contributed by atoms with E-state index in [4.69, 9.17) is 9.47 Å². The van der Waals surface area contributed by atoms with Gasteiger partial charge >= 0.3 is 0 Å². The first kappa shape index (κ1) is 11.0. The molecule has 0 bridgehead atoms. The largest absolute Gasteiger partial charge is 0.378 e. The van der Waals surface area contributed by atoms with Crippen molar-refractivity contribution in [2.45, 2.75) is 38.3 Å². The first-order valence-corrected chi connectivity index (χ1v) is 5.09. The van der Waals surface area contributed by atoms with E-state index in [-0.39, 0.29) is 5.60 Å². The normalized spacial score (nSPS) is 30.7. The van der Waals surface area contributed by atoms with E-state index < -0.39 is 0 Å². The summed E-state index contributed by atoms with van der Waals surface area (Å²) in [4.78, 5) is 0. The molecule has 78 valence electrons. The molecule has 1 N–H and O–H groups in total. The van der Waals surface area contributed by atoms with Gasteiger partial charge in [-0.1, -0.05) is 6.92 Å². The van der Waals surface area contributed by atoms with E-state index in [2.05, 4.69) is 19.2 Å². The first-order valence-electron chi connectivity index (χ1n) is 5.09. The van der Waals surface area contributed by atoms with Crippen LogP contribution in [-0.2, 0) is 9.47 Å². The predicted octanol–water partition coefficient (Wildman–Crippen LogP) is 1.18. The molecule has 1 aliphatic heterocycles. The van der Waals surface area contributed by atoms with Crippen LogP contribution in [0.3, 0.4) is 0 Å². The maximum absolute atomic E-state index is 5.51. The molecule has 0 aliphatic carbocycles. The Bertz CT molecular complexity index is 144. The van der Waals surface area contributed by atoms with E-state index in [1.165, 1.54) is 0 Å². The molecule has 1 heterocycles. The van der Waals surface area contributed by atoms with Gasteiger partial charge in [0.1, 0.15) is 5.60 Å². The topological polar surface area (TPSA) is 30.5 Å². The fraction of sp³-hybridized carbons (Fsp3) is 1.00. The molecule has 0 spiro atoms. The van der Waals surface area contributed by atoms with E-state index in [0.717, 1.165) is 32.6 Å². The lowest BCUT2D eigenvalue weighted by molar-refractivity contribution is -0.0172. The van der Waals surface area contributed by atoms with Crippen molar-refractivity contribution in [3.8, 4) is 0 Å². The summed E-state index contributed by atoms with van der Waals surface area (Å²) in [5.74, 6) is 0. The Balaban J connectivity index is 2.31. The molecule has 1 saturated heterocycles. The third-order valence-electron chi connectivity index (χ3n) is 2.89. The van der Waals surface area contributed by atoms with Crippen LogP contribution in [0.5, 0.6) is 0 Å². The summed E-state index contributed by atoms with van der Waals surface area (Å²) in [6.45, 7) is 6.84. The van der Waals surface area contributed by atoms with Gasteiger partial charge in [-0.3, -0.25) is 0 Å². The molecule has 1 rings (SSSR count). The molecule has 0 saturated carbocycles. The highest BCUT2D eigenvalue weighted by molar-refractivity contribution is 4.87. The summed E-state index contributed by atoms with van der Waals surface area (Å²) < 4.78 is 10.9. The average Bonchev–Trinajstić information content (AvgIpc) is 2.63. The van der Waals surface area contributed by atoms with Crippen LogP contribution in [0.15, 0.2) is 0 Å². The summed E-state index contributed by atoms with van der Waals surface area (Å²) in [5.41, 5.74) is -0.0660. The fourth-order valence-corrected chi connectivity index (χ4v) is 1.47. The van der Waals surface area contributed by atoms with Gasteiger partial charge in [0, 0.05) is 32.7 Å². The average molecular weight is 187 g/mol. The molecule has 3 heteroatoms. The van der Waals surface area contributed by atoms with Gasteiger partial charge in [-0.2, -0.15) is 0 Å².